The van der Waals surface area contributed by atoms with E-state index in [1.165, 1.54) is 12.8 Å². The summed E-state index contributed by atoms with van der Waals surface area (Å²) >= 11 is 3.38. The monoisotopic (exact) mass is 352 g/mol. The van der Waals surface area contributed by atoms with E-state index in [2.05, 4.69) is 15.9 Å². The molecular weight excluding hydrogens is 336 g/mol. The number of carbonyl (C=O) groups is 1. The molecule has 0 spiro atoms. The van der Waals surface area contributed by atoms with Gasteiger partial charge in [-0.2, -0.15) is 0 Å². The van der Waals surface area contributed by atoms with E-state index in [1.807, 2.05) is 6.92 Å². The maximum atomic E-state index is 11.4. The fourth-order valence-electron chi connectivity index (χ4n) is 2.96. The van der Waals surface area contributed by atoms with Crippen molar-refractivity contribution < 1.29 is 19.1 Å². The van der Waals surface area contributed by atoms with Gasteiger partial charge >= 0.3 is 5.97 Å². The van der Waals surface area contributed by atoms with Gasteiger partial charge in [0.1, 0.15) is 5.76 Å². The quantitative estimate of drug-likeness (QED) is 0.813. The minimum atomic E-state index is -0.947. The number of rotatable bonds is 4. The van der Waals surface area contributed by atoms with Crippen LogP contribution in [0.5, 0.6) is 5.75 Å². The van der Waals surface area contributed by atoms with Crippen molar-refractivity contribution in [1.29, 1.82) is 0 Å². The number of aromatic carboxylic acids is 1. The first-order valence-electron chi connectivity index (χ1n) is 7.12. The van der Waals surface area contributed by atoms with Crippen molar-refractivity contribution in [1.82, 2.24) is 0 Å². The van der Waals surface area contributed by atoms with E-state index < -0.39 is 5.97 Å². The Morgan fingerprint density at radius 3 is 2.76 bits per heavy atom. The Morgan fingerprint density at radius 2 is 2.14 bits per heavy atom. The van der Waals surface area contributed by atoms with Gasteiger partial charge in [0.05, 0.1) is 17.0 Å². The molecule has 0 unspecified atom stereocenters. The van der Waals surface area contributed by atoms with E-state index in [1.54, 1.807) is 12.1 Å². The summed E-state index contributed by atoms with van der Waals surface area (Å²) < 4.78 is 11.9. The van der Waals surface area contributed by atoms with E-state index in [-0.39, 0.29) is 11.7 Å². The van der Waals surface area contributed by atoms with Crippen LogP contribution in [0.1, 0.15) is 47.4 Å². The maximum Gasteiger partial charge on any atom is 0.336 e. The van der Waals surface area contributed by atoms with E-state index >= 15 is 0 Å². The average molecular weight is 353 g/mol. The zero-order chi connectivity index (χ0) is 15.0. The van der Waals surface area contributed by atoms with Crippen LogP contribution in [0.15, 0.2) is 16.5 Å². The lowest BCUT2D eigenvalue weighted by Gasteiger charge is -2.13. The van der Waals surface area contributed by atoms with Gasteiger partial charge in [0, 0.05) is 10.9 Å². The Kier molecular flexibility index (Phi) is 3.93. The van der Waals surface area contributed by atoms with E-state index in [0.29, 0.717) is 22.0 Å². The summed E-state index contributed by atoms with van der Waals surface area (Å²) in [5.41, 5.74) is 1.67. The third-order valence-electron chi connectivity index (χ3n) is 4.09. The molecule has 1 heterocycles. The molecule has 0 atom stereocenters. The van der Waals surface area contributed by atoms with Crippen LogP contribution in [-0.4, -0.2) is 17.2 Å². The van der Waals surface area contributed by atoms with Crippen molar-refractivity contribution in [3.8, 4) is 5.75 Å². The maximum absolute atomic E-state index is 11.4. The summed E-state index contributed by atoms with van der Waals surface area (Å²) in [5, 5.41) is 10.6. The van der Waals surface area contributed by atoms with Crippen molar-refractivity contribution in [3.63, 3.8) is 0 Å². The van der Waals surface area contributed by atoms with Gasteiger partial charge in [-0.15, -0.1) is 0 Å². The minimum Gasteiger partial charge on any atom is -0.486 e. The Labute approximate surface area is 131 Å². The van der Waals surface area contributed by atoms with Crippen molar-refractivity contribution >= 4 is 32.9 Å². The topological polar surface area (TPSA) is 59.7 Å². The van der Waals surface area contributed by atoms with E-state index in [4.69, 9.17) is 9.15 Å². The first-order valence-corrected chi connectivity index (χ1v) is 8.25. The molecular formula is C16H17BrO4. The number of fused-ring (bicyclic) bond motifs is 1. The molecule has 0 aliphatic heterocycles. The zero-order valence-electron chi connectivity index (χ0n) is 11.8. The highest BCUT2D eigenvalue weighted by Crippen LogP contribution is 2.37. The molecule has 1 aromatic carbocycles. The number of furan rings is 1. The van der Waals surface area contributed by atoms with Crippen LogP contribution >= 0.6 is 15.9 Å². The van der Waals surface area contributed by atoms with Gasteiger partial charge in [-0.25, -0.2) is 4.79 Å². The predicted molar refractivity (Wildman–Crippen MR) is 83.4 cm³/mol. The van der Waals surface area contributed by atoms with Gasteiger partial charge in [-0.05, 0) is 44.7 Å². The van der Waals surface area contributed by atoms with Crippen LogP contribution < -0.4 is 4.74 Å². The molecule has 1 aliphatic carbocycles. The number of halogens is 1. The molecule has 4 nitrogen and oxygen atoms in total. The Morgan fingerprint density at radius 1 is 1.43 bits per heavy atom. The number of ether oxygens (including phenoxy) is 1. The number of carboxylic acids is 1. The van der Waals surface area contributed by atoms with Crippen LogP contribution in [0.3, 0.4) is 0 Å². The highest BCUT2D eigenvalue weighted by molar-refractivity contribution is 9.08. The summed E-state index contributed by atoms with van der Waals surface area (Å²) in [6, 6.07) is 3.32. The molecule has 112 valence electrons. The Bertz CT molecular complexity index is 683. The second-order valence-electron chi connectivity index (χ2n) is 5.43. The molecule has 0 saturated heterocycles. The molecule has 1 aromatic heterocycles. The molecule has 0 amide bonds. The molecule has 1 aliphatic rings. The Balaban J connectivity index is 2.13. The van der Waals surface area contributed by atoms with Crippen molar-refractivity contribution in [2.75, 3.05) is 0 Å². The van der Waals surface area contributed by atoms with Crippen LogP contribution in [0.2, 0.25) is 0 Å². The molecule has 0 bridgehead atoms. The highest BCUT2D eigenvalue weighted by Gasteiger charge is 2.23. The standard InChI is InChI=1S/C16H17BrO4/c1-9-13(8-17)21-15-12(20-10-4-2-3-5-10)7-6-11(14(9)15)16(18)19/h6-7,10H,2-5,8H2,1H3,(H,18,19). The molecule has 3 rings (SSSR count). The van der Waals surface area contributed by atoms with Crippen LogP contribution in [-0.2, 0) is 5.33 Å². The second kappa shape index (κ2) is 5.72. The highest BCUT2D eigenvalue weighted by atomic mass is 79.9. The number of alkyl halides is 1. The lowest BCUT2D eigenvalue weighted by molar-refractivity contribution is 0.0699. The predicted octanol–water partition coefficient (Wildman–Crippen LogP) is 4.66. The number of hydrogen-bond acceptors (Lipinski definition) is 3. The molecule has 2 aromatic rings. The number of carboxylic acid groups (broad SMARTS) is 1. The van der Waals surface area contributed by atoms with E-state index in [0.717, 1.165) is 24.2 Å². The third kappa shape index (κ3) is 2.55. The number of hydrogen-bond donors (Lipinski definition) is 1. The van der Waals surface area contributed by atoms with Crippen molar-refractivity contribution in [2.24, 2.45) is 0 Å². The molecule has 1 N–H and O–H groups in total. The zero-order valence-corrected chi connectivity index (χ0v) is 13.4. The lowest BCUT2D eigenvalue weighted by Crippen LogP contribution is -2.11. The van der Waals surface area contributed by atoms with Crippen molar-refractivity contribution in [2.45, 2.75) is 44.0 Å². The Hall–Kier alpha value is -1.49. The summed E-state index contributed by atoms with van der Waals surface area (Å²) in [4.78, 5) is 11.4. The SMILES string of the molecule is Cc1c(CBr)oc2c(OC3CCCC3)ccc(C(=O)O)c12. The molecule has 1 saturated carbocycles. The van der Waals surface area contributed by atoms with Gasteiger partial charge in [-0.1, -0.05) is 15.9 Å². The average Bonchev–Trinajstić information content (AvgIpc) is 3.07. The summed E-state index contributed by atoms with van der Waals surface area (Å²) in [5.74, 6) is 0.449. The molecule has 1 fully saturated rings. The molecule has 0 radical (unpaired) electrons. The van der Waals surface area contributed by atoms with Crippen LogP contribution in [0.4, 0.5) is 0 Å². The van der Waals surface area contributed by atoms with Gasteiger partial charge in [0.15, 0.2) is 11.3 Å². The minimum absolute atomic E-state index is 0.210. The van der Waals surface area contributed by atoms with E-state index in [9.17, 15) is 9.90 Å². The normalized spacial score (nSPS) is 15.7. The molecule has 5 heteroatoms. The summed E-state index contributed by atoms with van der Waals surface area (Å²) in [6.07, 6.45) is 4.68. The summed E-state index contributed by atoms with van der Waals surface area (Å²) in [7, 11) is 0. The summed E-state index contributed by atoms with van der Waals surface area (Å²) in [6.45, 7) is 1.88. The van der Waals surface area contributed by atoms with Crippen LogP contribution in [0, 0.1) is 6.92 Å². The molecule has 21 heavy (non-hydrogen) atoms. The smallest absolute Gasteiger partial charge is 0.336 e. The number of benzene rings is 1. The first-order chi connectivity index (χ1) is 10.1. The second-order valence-corrected chi connectivity index (χ2v) is 5.99. The van der Waals surface area contributed by atoms with Gasteiger partial charge in [0.25, 0.3) is 0 Å². The van der Waals surface area contributed by atoms with Gasteiger partial charge in [-0.3, -0.25) is 0 Å². The fourth-order valence-corrected chi connectivity index (χ4v) is 3.50. The van der Waals surface area contributed by atoms with Gasteiger partial charge in [0.2, 0.25) is 0 Å². The van der Waals surface area contributed by atoms with Crippen molar-refractivity contribution in [3.05, 3.63) is 29.0 Å². The third-order valence-corrected chi connectivity index (χ3v) is 4.60. The van der Waals surface area contributed by atoms with Crippen LogP contribution in [0.25, 0.3) is 11.0 Å². The van der Waals surface area contributed by atoms with Gasteiger partial charge < -0.3 is 14.3 Å². The first kappa shape index (κ1) is 14.4. The lowest BCUT2D eigenvalue weighted by atomic mass is 10.1. The number of aryl methyl sites for hydroxylation is 1. The largest absolute Gasteiger partial charge is 0.486 e. The fraction of sp³-hybridized carbons (Fsp3) is 0.438.